The fraction of sp³-hybridized carbons (Fsp3) is 0.261. The summed E-state index contributed by atoms with van der Waals surface area (Å²) in [6.45, 7) is 6.07. The Hall–Kier alpha value is -2.74. The molecule has 0 aromatic heterocycles. The Kier molecular flexibility index (Phi) is 8.61. The third-order valence-corrected chi connectivity index (χ3v) is 4.45. The number of nitrogens with one attached hydrogen (secondary N) is 2. The van der Waals surface area contributed by atoms with Crippen LogP contribution in [0.4, 0.5) is 5.69 Å². The number of hydrogen-bond acceptors (Lipinski definition) is 3. The number of anilines is 1. The van der Waals surface area contributed by atoms with Crippen LogP contribution in [0, 0.1) is 17.8 Å². The number of rotatable bonds is 8. The van der Waals surface area contributed by atoms with Gasteiger partial charge in [0.15, 0.2) is 0 Å². The van der Waals surface area contributed by atoms with E-state index in [0.29, 0.717) is 23.8 Å². The molecule has 0 aliphatic carbocycles. The summed E-state index contributed by atoms with van der Waals surface area (Å²) in [6, 6.07) is 17.0. The Balaban J connectivity index is 1.91. The van der Waals surface area contributed by atoms with Crippen LogP contribution in [0.1, 0.15) is 24.5 Å². The summed E-state index contributed by atoms with van der Waals surface area (Å²) in [5.41, 5.74) is 2.86. The normalized spacial score (nSPS) is 12.2. The van der Waals surface area contributed by atoms with Crippen molar-refractivity contribution in [1.29, 1.82) is 0 Å². The van der Waals surface area contributed by atoms with E-state index < -0.39 is 12.0 Å². The van der Waals surface area contributed by atoms with Gasteiger partial charge in [0, 0.05) is 34.9 Å². The van der Waals surface area contributed by atoms with Gasteiger partial charge in [-0.3, -0.25) is 4.79 Å². The van der Waals surface area contributed by atoms with Crippen molar-refractivity contribution in [2.75, 3.05) is 17.7 Å². The smallest absolute Gasteiger partial charge is 0.230 e. The molecule has 0 saturated carbocycles. The third kappa shape index (κ3) is 6.77. The lowest BCUT2D eigenvalue weighted by Gasteiger charge is -2.21. The number of benzene rings is 2. The molecule has 0 heterocycles. The van der Waals surface area contributed by atoms with Gasteiger partial charge in [0.25, 0.3) is 0 Å². The maximum Gasteiger partial charge on any atom is 0.230 e. The average Bonchev–Trinajstić information content (AvgIpc) is 2.73. The zero-order valence-electron chi connectivity index (χ0n) is 15.9. The summed E-state index contributed by atoms with van der Waals surface area (Å²) in [7, 11) is 0. The molecule has 0 saturated heterocycles. The molecular formula is C23H25ClN2O2. The number of aliphatic hydroxyl groups excluding tert-OH is 1. The first-order valence-corrected chi connectivity index (χ1v) is 9.69. The second kappa shape index (κ2) is 11.2. The SMILES string of the molecule is C=C(NCCCCl)[C@H](O)[C@@H](C)C(=O)Nc1ccc(C#Cc2ccccc2)cc1. The second-order valence-electron chi connectivity index (χ2n) is 6.41. The summed E-state index contributed by atoms with van der Waals surface area (Å²) in [5.74, 6) is 5.78. The highest BCUT2D eigenvalue weighted by Crippen LogP contribution is 2.15. The third-order valence-electron chi connectivity index (χ3n) is 4.18. The van der Waals surface area contributed by atoms with Gasteiger partial charge in [-0.1, -0.05) is 43.5 Å². The molecule has 0 fully saturated rings. The zero-order chi connectivity index (χ0) is 20.4. The first-order chi connectivity index (χ1) is 13.5. The monoisotopic (exact) mass is 396 g/mol. The van der Waals surface area contributed by atoms with Crippen LogP contribution >= 0.6 is 11.6 Å². The second-order valence-corrected chi connectivity index (χ2v) is 6.79. The molecule has 2 aromatic rings. The van der Waals surface area contributed by atoms with Gasteiger partial charge in [-0.25, -0.2) is 0 Å². The van der Waals surface area contributed by atoms with Crippen molar-refractivity contribution in [2.24, 2.45) is 5.92 Å². The molecule has 2 rings (SSSR count). The number of aliphatic hydroxyl groups is 1. The summed E-state index contributed by atoms with van der Waals surface area (Å²) in [5, 5.41) is 16.1. The molecular weight excluding hydrogens is 372 g/mol. The highest BCUT2D eigenvalue weighted by Gasteiger charge is 2.24. The Bertz CT molecular complexity index is 838. The highest BCUT2D eigenvalue weighted by atomic mass is 35.5. The van der Waals surface area contributed by atoms with Crippen LogP contribution in [0.15, 0.2) is 66.9 Å². The average molecular weight is 397 g/mol. The minimum absolute atomic E-state index is 0.282. The van der Waals surface area contributed by atoms with Crippen LogP contribution in [0.3, 0.4) is 0 Å². The molecule has 0 aliphatic rings. The van der Waals surface area contributed by atoms with Crippen molar-refractivity contribution in [2.45, 2.75) is 19.4 Å². The molecule has 2 aromatic carbocycles. The summed E-state index contributed by atoms with van der Waals surface area (Å²) < 4.78 is 0. The van der Waals surface area contributed by atoms with Gasteiger partial charge in [0.05, 0.1) is 5.92 Å². The van der Waals surface area contributed by atoms with Crippen molar-refractivity contribution >= 4 is 23.2 Å². The standard InChI is InChI=1S/C23H25ClN2O2/c1-17(22(27)18(2)25-16-6-15-24)23(28)26-21-13-11-20(12-14-21)10-9-19-7-4-3-5-8-19/h3-5,7-8,11-14,17,22,25,27H,2,6,15-16H2,1H3,(H,26,28)/t17-,22-/m1/s1. The Morgan fingerprint density at radius 3 is 2.32 bits per heavy atom. The van der Waals surface area contributed by atoms with Gasteiger partial charge in [-0.2, -0.15) is 0 Å². The van der Waals surface area contributed by atoms with Crippen LogP contribution in [0.2, 0.25) is 0 Å². The lowest BCUT2D eigenvalue weighted by Crippen LogP contribution is -2.36. The largest absolute Gasteiger partial charge is 0.387 e. The van der Waals surface area contributed by atoms with Gasteiger partial charge in [0.1, 0.15) is 6.10 Å². The molecule has 3 N–H and O–H groups in total. The van der Waals surface area contributed by atoms with E-state index in [-0.39, 0.29) is 5.91 Å². The predicted molar refractivity (Wildman–Crippen MR) is 115 cm³/mol. The van der Waals surface area contributed by atoms with E-state index in [2.05, 4.69) is 29.1 Å². The number of alkyl halides is 1. The topological polar surface area (TPSA) is 61.4 Å². The molecule has 0 bridgehead atoms. The van der Waals surface area contributed by atoms with Gasteiger partial charge >= 0.3 is 0 Å². The molecule has 0 unspecified atom stereocenters. The van der Waals surface area contributed by atoms with Crippen molar-refractivity contribution < 1.29 is 9.90 Å². The number of halogens is 1. The molecule has 2 atom stereocenters. The summed E-state index contributed by atoms with van der Waals surface area (Å²) >= 11 is 5.63. The molecule has 146 valence electrons. The van der Waals surface area contributed by atoms with Crippen LogP contribution in [-0.2, 0) is 4.79 Å². The Morgan fingerprint density at radius 2 is 1.71 bits per heavy atom. The number of carbonyl (C=O) groups excluding carboxylic acids is 1. The minimum Gasteiger partial charge on any atom is -0.387 e. The van der Waals surface area contributed by atoms with Crippen molar-refractivity contribution in [3.05, 3.63) is 78.0 Å². The van der Waals surface area contributed by atoms with Gasteiger partial charge in [-0.15, -0.1) is 11.6 Å². The zero-order valence-corrected chi connectivity index (χ0v) is 16.7. The van der Waals surface area contributed by atoms with Gasteiger partial charge in [-0.05, 0) is 42.8 Å². The molecule has 0 aliphatic heterocycles. The van der Waals surface area contributed by atoms with Crippen LogP contribution in [0.5, 0.6) is 0 Å². The van der Waals surface area contributed by atoms with Crippen molar-refractivity contribution in [3.8, 4) is 11.8 Å². The van der Waals surface area contributed by atoms with Gasteiger partial charge in [0.2, 0.25) is 5.91 Å². The van der Waals surface area contributed by atoms with Crippen molar-refractivity contribution in [3.63, 3.8) is 0 Å². The van der Waals surface area contributed by atoms with E-state index in [9.17, 15) is 9.90 Å². The molecule has 5 heteroatoms. The first kappa shape index (κ1) is 21.6. The van der Waals surface area contributed by atoms with E-state index in [1.807, 2.05) is 42.5 Å². The molecule has 1 amide bonds. The maximum absolute atomic E-state index is 12.4. The number of amides is 1. The van der Waals surface area contributed by atoms with Crippen molar-refractivity contribution in [1.82, 2.24) is 5.32 Å². The van der Waals surface area contributed by atoms with E-state index in [1.54, 1.807) is 19.1 Å². The number of hydrogen-bond donors (Lipinski definition) is 3. The highest BCUT2D eigenvalue weighted by molar-refractivity contribution is 6.17. The van der Waals surface area contributed by atoms with Gasteiger partial charge < -0.3 is 15.7 Å². The fourth-order valence-corrected chi connectivity index (χ4v) is 2.56. The first-order valence-electron chi connectivity index (χ1n) is 9.16. The Labute approximate surface area is 171 Å². The molecule has 0 spiro atoms. The van der Waals surface area contributed by atoms with E-state index in [0.717, 1.165) is 17.5 Å². The lowest BCUT2D eigenvalue weighted by atomic mass is 10.0. The quantitative estimate of drug-likeness (QED) is 0.362. The molecule has 0 radical (unpaired) electrons. The summed E-state index contributed by atoms with van der Waals surface area (Å²) in [6.07, 6.45) is -0.223. The lowest BCUT2D eigenvalue weighted by molar-refractivity contribution is -0.121. The molecule has 28 heavy (non-hydrogen) atoms. The minimum atomic E-state index is -0.980. The van der Waals surface area contributed by atoms with E-state index >= 15 is 0 Å². The number of carbonyl (C=O) groups is 1. The summed E-state index contributed by atoms with van der Waals surface area (Å²) in [4.78, 5) is 12.4. The van der Waals surface area contributed by atoms with Crippen LogP contribution in [0.25, 0.3) is 0 Å². The predicted octanol–water partition coefficient (Wildman–Crippen LogP) is 3.75. The maximum atomic E-state index is 12.4. The fourth-order valence-electron chi connectivity index (χ4n) is 2.42. The molecule has 4 nitrogen and oxygen atoms in total. The van der Waals surface area contributed by atoms with Crippen LogP contribution in [-0.4, -0.2) is 29.5 Å². The van der Waals surface area contributed by atoms with E-state index in [1.165, 1.54) is 0 Å². The Morgan fingerprint density at radius 1 is 1.11 bits per heavy atom. The van der Waals surface area contributed by atoms with Crippen LogP contribution < -0.4 is 10.6 Å². The van der Waals surface area contributed by atoms with E-state index in [4.69, 9.17) is 11.6 Å².